The van der Waals surface area contributed by atoms with Crippen LogP contribution in [0.15, 0.2) is 103 Å². The van der Waals surface area contributed by atoms with Gasteiger partial charge in [-0.05, 0) is 38.8 Å². The van der Waals surface area contributed by atoms with Gasteiger partial charge in [-0.2, -0.15) is 0 Å². The van der Waals surface area contributed by atoms with Crippen LogP contribution >= 0.6 is 0 Å². The molecule has 5 rings (SSSR count). The molecule has 0 bridgehead atoms. The third-order valence-electron chi connectivity index (χ3n) is 5.78. The van der Waals surface area contributed by atoms with Gasteiger partial charge in [0.05, 0.1) is 5.41 Å². The molecule has 0 fully saturated rings. The van der Waals surface area contributed by atoms with Crippen LogP contribution in [0.2, 0.25) is 0 Å². The molecule has 0 saturated carbocycles. The number of fused-ring (bicyclic) bond motifs is 3. The van der Waals surface area contributed by atoms with Crippen LogP contribution in [0, 0.1) is 0 Å². The first-order chi connectivity index (χ1) is 13.7. The summed E-state index contributed by atoms with van der Waals surface area (Å²) in [5, 5.41) is 20.5. The molecule has 134 valence electrons. The molecule has 0 aliphatic heterocycles. The number of rotatable bonds is 3. The van der Waals surface area contributed by atoms with E-state index in [0.29, 0.717) is 5.46 Å². The van der Waals surface area contributed by atoms with E-state index in [0.717, 1.165) is 33.4 Å². The Morgan fingerprint density at radius 1 is 0.536 bits per heavy atom. The van der Waals surface area contributed by atoms with Gasteiger partial charge in [0.15, 0.2) is 0 Å². The van der Waals surface area contributed by atoms with Crippen LogP contribution in [-0.2, 0) is 5.41 Å². The van der Waals surface area contributed by atoms with Crippen molar-refractivity contribution >= 4 is 12.6 Å². The van der Waals surface area contributed by atoms with Crippen molar-refractivity contribution in [1.82, 2.24) is 0 Å². The summed E-state index contributed by atoms with van der Waals surface area (Å²) in [4.78, 5) is 0. The molecule has 0 unspecified atom stereocenters. The molecule has 0 saturated heterocycles. The molecule has 1 aliphatic carbocycles. The quantitative estimate of drug-likeness (QED) is 0.480. The Hall–Kier alpha value is -3.14. The van der Waals surface area contributed by atoms with Crippen LogP contribution in [0.5, 0.6) is 0 Å². The van der Waals surface area contributed by atoms with Crippen LogP contribution < -0.4 is 5.46 Å². The van der Waals surface area contributed by atoms with Crippen molar-refractivity contribution in [3.8, 4) is 11.1 Å². The molecule has 2 N–H and O–H groups in total. The lowest BCUT2D eigenvalue weighted by Crippen LogP contribution is -2.41. The molecular weight excluding hydrogens is 343 g/mol. The van der Waals surface area contributed by atoms with Gasteiger partial charge < -0.3 is 10.0 Å². The van der Waals surface area contributed by atoms with E-state index in [9.17, 15) is 10.0 Å². The molecule has 3 heteroatoms. The zero-order valence-corrected chi connectivity index (χ0v) is 15.3. The van der Waals surface area contributed by atoms with Gasteiger partial charge >= 0.3 is 7.12 Å². The highest BCUT2D eigenvalue weighted by molar-refractivity contribution is 6.59. The highest BCUT2D eigenvalue weighted by Crippen LogP contribution is 2.55. The fourth-order valence-electron chi connectivity index (χ4n) is 4.75. The third-order valence-corrected chi connectivity index (χ3v) is 5.78. The second-order valence-electron chi connectivity index (χ2n) is 7.17. The standard InChI is InChI=1S/C25H19BO2/c27-26(28)23-17-9-15-21-20-14-7-8-16-22(20)25(24(21)23,18-10-3-1-4-11-18)19-12-5-2-6-13-19/h1-17,27-28H. The third kappa shape index (κ3) is 2.24. The molecule has 0 spiro atoms. The number of benzene rings is 4. The second kappa shape index (κ2) is 6.48. The van der Waals surface area contributed by atoms with E-state index in [1.54, 1.807) is 0 Å². The van der Waals surface area contributed by atoms with Gasteiger partial charge in [0.1, 0.15) is 0 Å². The predicted molar refractivity (Wildman–Crippen MR) is 114 cm³/mol. The average molecular weight is 362 g/mol. The van der Waals surface area contributed by atoms with Gasteiger partial charge in [-0.15, -0.1) is 0 Å². The first kappa shape index (κ1) is 17.0. The SMILES string of the molecule is OB(O)c1cccc2c1C(c1ccccc1)(c1ccccc1)c1ccccc1-2. The largest absolute Gasteiger partial charge is 0.488 e. The topological polar surface area (TPSA) is 40.5 Å². The average Bonchev–Trinajstić information content (AvgIpc) is 3.06. The highest BCUT2D eigenvalue weighted by atomic mass is 16.4. The number of hydrogen-bond acceptors (Lipinski definition) is 2. The van der Waals surface area contributed by atoms with Crippen LogP contribution in [0.4, 0.5) is 0 Å². The Morgan fingerprint density at radius 2 is 1.07 bits per heavy atom. The molecular formula is C25H19BO2. The summed E-state index contributed by atoms with van der Waals surface area (Å²) in [6.07, 6.45) is 0. The van der Waals surface area contributed by atoms with Crippen molar-refractivity contribution in [1.29, 1.82) is 0 Å². The summed E-state index contributed by atoms with van der Waals surface area (Å²) >= 11 is 0. The van der Waals surface area contributed by atoms with Crippen molar-refractivity contribution in [3.05, 3.63) is 125 Å². The zero-order chi connectivity index (χ0) is 19.1. The summed E-state index contributed by atoms with van der Waals surface area (Å²) in [7, 11) is -1.55. The maximum Gasteiger partial charge on any atom is 0.488 e. The van der Waals surface area contributed by atoms with Crippen molar-refractivity contribution < 1.29 is 10.0 Å². The van der Waals surface area contributed by atoms with Gasteiger partial charge in [-0.3, -0.25) is 0 Å². The maximum atomic E-state index is 10.2. The molecule has 1 aliphatic rings. The molecule has 0 atom stereocenters. The fraction of sp³-hybridized carbons (Fsp3) is 0.0400. The van der Waals surface area contributed by atoms with E-state index < -0.39 is 12.5 Å². The Morgan fingerprint density at radius 3 is 1.68 bits per heavy atom. The smallest absolute Gasteiger partial charge is 0.423 e. The lowest BCUT2D eigenvalue weighted by atomic mass is 9.62. The molecule has 4 aromatic rings. The summed E-state index contributed by atoms with van der Waals surface area (Å²) in [6.45, 7) is 0. The van der Waals surface area contributed by atoms with Gasteiger partial charge in [0.2, 0.25) is 0 Å². The molecule has 0 heterocycles. The minimum atomic E-state index is -1.55. The normalized spacial score (nSPS) is 13.6. The van der Waals surface area contributed by atoms with Crippen LogP contribution in [0.1, 0.15) is 22.3 Å². The lowest BCUT2D eigenvalue weighted by Gasteiger charge is -2.35. The fourth-order valence-corrected chi connectivity index (χ4v) is 4.75. The van der Waals surface area contributed by atoms with Crippen molar-refractivity contribution in [2.75, 3.05) is 0 Å². The maximum absolute atomic E-state index is 10.2. The summed E-state index contributed by atoms with van der Waals surface area (Å²) in [6, 6.07) is 34.8. The first-order valence-electron chi connectivity index (χ1n) is 9.45. The second-order valence-corrected chi connectivity index (χ2v) is 7.17. The van der Waals surface area contributed by atoms with Crippen LogP contribution in [0.25, 0.3) is 11.1 Å². The molecule has 0 aromatic heterocycles. The molecule has 28 heavy (non-hydrogen) atoms. The van der Waals surface area contributed by atoms with Crippen molar-refractivity contribution in [2.45, 2.75) is 5.41 Å². The number of hydrogen-bond donors (Lipinski definition) is 2. The van der Waals surface area contributed by atoms with E-state index >= 15 is 0 Å². The van der Waals surface area contributed by atoms with Gasteiger partial charge in [0, 0.05) is 0 Å². The minimum absolute atomic E-state index is 0.543. The molecule has 4 aromatic carbocycles. The summed E-state index contributed by atoms with van der Waals surface area (Å²) < 4.78 is 0. The van der Waals surface area contributed by atoms with E-state index in [-0.39, 0.29) is 0 Å². The Kier molecular flexibility index (Phi) is 3.94. The monoisotopic (exact) mass is 362 g/mol. The van der Waals surface area contributed by atoms with E-state index in [2.05, 4.69) is 48.5 Å². The summed E-state index contributed by atoms with van der Waals surface area (Å²) in [5.41, 5.74) is 6.46. The first-order valence-corrected chi connectivity index (χ1v) is 9.45. The Labute approximate surface area is 164 Å². The van der Waals surface area contributed by atoms with Gasteiger partial charge in [-0.1, -0.05) is 103 Å². The van der Waals surface area contributed by atoms with E-state index in [1.807, 2.05) is 54.6 Å². The minimum Gasteiger partial charge on any atom is -0.423 e. The van der Waals surface area contributed by atoms with Gasteiger partial charge in [-0.25, -0.2) is 0 Å². The Bertz CT molecular complexity index is 1100. The summed E-state index contributed by atoms with van der Waals surface area (Å²) in [5.74, 6) is 0. The molecule has 2 nitrogen and oxygen atoms in total. The highest BCUT2D eigenvalue weighted by Gasteiger charge is 2.48. The van der Waals surface area contributed by atoms with Crippen molar-refractivity contribution in [2.24, 2.45) is 0 Å². The zero-order valence-electron chi connectivity index (χ0n) is 15.3. The van der Waals surface area contributed by atoms with Crippen LogP contribution in [-0.4, -0.2) is 17.2 Å². The Balaban J connectivity index is 2.01. The lowest BCUT2D eigenvalue weighted by molar-refractivity contribution is 0.425. The van der Waals surface area contributed by atoms with Crippen molar-refractivity contribution in [3.63, 3.8) is 0 Å². The molecule has 0 amide bonds. The van der Waals surface area contributed by atoms with Gasteiger partial charge in [0.25, 0.3) is 0 Å². The van der Waals surface area contributed by atoms with E-state index in [1.165, 1.54) is 0 Å². The van der Waals surface area contributed by atoms with E-state index in [4.69, 9.17) is 0 Å². The predicted octanol–water partition coefficient (Wildman–Crippen LogP) is 3.73. The molecule has 0 radical (unpaired) electrons. The van der Waals surface area contributed by atoms with Crippen LogP contribution in [0.3, 0.4) is 0 Å².